The standard InChI is InChI=1S/C13H18ClNO2/c1-9-6-7-17-12(9)13(16)15-11-5-3-2-4-10(11)8-14/h6-7,10-11H,2-5,8H2,1H3,(H,15,16). The Bertz CT molecular complexity index is 389. The Hall–Kier alpha value is -0.960. The highest BCUT2D eigenvalue weighted by Gasteiger charge is 2.27. The lowest BCUT2D eigenvalue weighted by Crippen LogP contribution is -2.42. The average molecular weight is 256 g/mol. The van der Waals surface area contributed by atoms with E-state index in [2.05, 4.69) is 5.32 Å². The quantitative estimate of drug-likeness (QED) is 0.844. The summed E-state index contributed by atoms with van der Waals surface area (Å²) in [5, 5.41) is 3.05. The van der Waals surface area contributed by atoms with Crippen molar-refractivity contribution >= 4 is 17.5 Å². The molecule has 1 saturated carbocycles. The maximum Gasteiger partial charge on any atom is 0.287 e. The zero-order valence-electron chi connectivity index (χ0n) is 10.0. The molecule has 1 aromatic heterocycles. The molecule has 17 heavy (non-hydrogen) atoms. The van der Waals surface area contributed by atoms with Gasteiger partial charge in [0.05, 0.1) is 6.26 Å². The van der Waals surface area contributed by atoms with E-state index in [4.69, 9.17) is 16.0 Å². The Morgan fingerprint density at radius 3 is 2.94 bits per heavy atom. The highest BCUT2D eigenvalue weighted by Crippen LogP contribution is 2.25. The van der Waals surface area contributed by atoms with Crippen LogP contribution in [0.3, 0.4) is 0 Å². The molecule has 2 atom stereocenters. The van der Waals surface area contributed by atoms with Gasteiger partial charge in [-0.05, 0) is 31.7 Å². The summed E-state index contributed by atoms with van der Waals surface area (Å²) >= 11 is 5.94. The van der Waals surface area contributed by atoms with Crippen LogP contribution in [0.25, 0.3) is 0 Å². The zero-order valence-corrected chi connectivity index (χ0v) is 10.8. The van der Waals surface area contributed by atoms with Crippen molar-refractivity contribution in [3.8, 4) is 0 Å². The number of alkyl halides is 1. The van der Waals surface area contributed by atoms with Gasteiger partial charge in [-0.25, -0.2) is 0 Å². The number of halogens is 1. The second-order valence-electron chi connectivity index (χ2n) is 4.71. The first-order chi connectivity index (χ1) is 8.22. The second-order valence-corrected chi connectivity index (χ2v) is 5.02. The third-order valence-electron chi connectivity index (χ3n) is 3.49. The maximum absolute atomic E-state index is 12.0. The number of carbonyl (C=O) groups is 1. The van der Waals surface area contributed by atoms with Crippen LogP contribution < -0.4 is 5.32 Å². The Balaban J connectivity index is 2.00. The number of hydrogen-bond donors (Lipinski definition) is 1. The minimum absolute atomic E-state index is 0.116. The van der Waals surface area contributed by atoms with Crippen LogP contribution in [0, 0.1) is 12.8 Å². The van der Waals surface area contributed by atoms with Crippen LogP contribution in [-0.4, -0.2) is 17.8 Å². The fourth-order valence-corrected chi connectivity index (χ4v) is 2.79. The molecule has 0 spiro atoms. The summed E-state index contributed by atoms with van der Waals surface area (Å²) in [5.74, 6) is 1.31. The van der Waals surface area contributed by atoms with Gasteiger partial charge in [0.2, 0.25) is 0 Å². The van der Waals surface area contributed by atoms with Crippen LogP contribution in [0.4, 0.5) is 0 Å². The van der Waals surface area contributed by atoms with E-state index in [9.17, 15) is 4.79 Å². The SMILES string of the molecule is Cc1ccoc1C(=O)NC1CCCCC1CCl. The number of aryl methyl sites for hydroxylation is 1. The van der Waals surface area contributed by atoms with Crippen molar-refractivity contribution in [2.75, 3.05) is 5.88 Å². The molecule has 0 aliphatic heterocycles. The third kappa shape index (κ3) is 2.83. The van der Waals surface area contributed by atoms with E-state index in [1.165, 1.54) is 6.42 Å². The molecule has 3 nitrogen and oxygen atoms in total. The Kier molecular flexibility index (Phi) is 4.11. The molecular formula is C13H18ClNO2. The van der Waals surface area contributed by atoms with Crippen molar-refractivity contribution in [2.45, 2.75) is 38.6 Å². The van der Waals surface area contributed by atoms with Crippen molar-refractivity contribution in [1.82, 2.24) is 5.32 Å². The van der Waals surface area contributed by atoms with E-state index >= 15 is 0 Å². The fourth-order valence-electron chi connectivity index (χ4n) is 2.42. The Morgan fingerprint density at radius 1 is 1.53 bits per heavy atom. The topological polar surface area (TPSA) is 42.2 Å². The summed E-state index contributed by atoms with van der Waals surface area (Å²) in [5.41, 5.74) is 0.876. The lowest BCUT2D eigenvalue weighted by molar-refractivity contribution is 0.0882. The minimum Gasteiger partial charge on any atom is -0.459 e. The van der Waals surface area contributed by atoms with Crippen molar-refractivity contribution in [3.05, 3.63) is 23.7 Å². The number of amides is 1. The normalized spacial score (nSPS) is 24.6. The molecule has 1 aliphatic rings. The number of hydrogen-bond acceptors (Lipinski definition) is 2. The lowest BCUT2D eigenvalue weighted by atomic mass is 9.85. The molecule has 1 N–H and O–H groups in total. The molecule has 1 aromatic rings. The van der Waals surface area contributed by atoms with Gasteiger partial charge in [0.1, 0.15) is 0 Å². The number of carbonyl (C=O) groups excluding carboxylic acids is 1. The van der Waals surface area contributed by atoms with E-state index in [0.29, 0.717) is 17.6 Å². The molecule has 0 bridgehead atoms. The van der Waals surface area contributed by atoms with Gasteiger partial charge in [-0.2, -0.15) is 0 Å². The zero-order chi connectivity index (χ0) is 12.3. The number of rotatable bonds is 3. The van der Waals surface area contributed by atoms with Gasteiger partial charge in [-0.3, -0.25) is 4.79 Å². The van der Waals surface area contributed by atoms with E-state index in [1.54, 1.807) is 12.3 Å². The summed E-state index contributed by atoms with van der Waals surface area (Å²) in [6.07, 6.45) is 6.04. The molecular weight excluding hydrogens is 238 g/mol. The van der Waals surface area contributed by atoms with Crippen molar-refractivity contribution < 1.29 is 9.21 Å². The molecule has 4 heteroatoms. The first-order valence-corrected chi connectivity index (χ1v) is 6.66. The van der Waals surface area contributed by atoms with Crippen LogP contribution in [0.5, 0.6) is 0 Å². The maximum atomic E-state index is 12.0. The summed E-state index contributed by atoms with van der Waals surface area (Å²) in [7, 11) is 0. The predicted molar refractivity (Wildman–Crippen MR) is 67.4 cm³/mol. The molecule has 1 amide bonds. The van der Waals surface area contributed by atoms with Crippen LogP contribution >= 0.6 is 11.6 Å². The van der Waals surface area contributed by atoms with E-state index in [0.717, 1.165) is 24.8 Å². The predicted octanol–water partition coefficient (Wildman–Crippen LogP) is 3.12. The number of nitrogens with one attached hydrogen (secondary N) is 1. The molecule has 1 aliphatic carbocycles. The smallest absolute Gasteiger partial charge is 0.287 e. The lowest BCUT2D eigenvalue weighted by Gasteiger charge is -2.30. The first-order valence-electron chi connectivity index (χ1n) is 6.13. The van der Waals surface area contributed by atoms with Crippen molar-refractivity contribution in [2.24, 2.45) is 5.92 Å². The summed E-state index contributed by atoms with van der Waals surface area (Å²) in [6.45, 7) is 1.87. The summed E-state index contributed by atoms with van der Waals surface area (Å²) < 4.78 is 5.19. The van der Waals surface area contributed by atoms with Crippen molar-refractivity contribution in [3.63, 3.8) is 0 Å². The Morgan fingerprint density at radius 2 is 2.29 bits per heavy atom. The van der Waals surface area contributed by atoms with Crippen LogP contribution in [0.2, 0.25) is 0 Å². The van der Waals surface area contributed by atoms with E-state index in [-0.39, 0.29) is 11.9 Å². The third-order valence-corrected chi connectivity index (χ3v) is 3.89. The summed E-state index contributed by atoms with van der Waals surface area (Å²) in [4.78, 5) is 12.0. The summed E-state index contributed by atoms with van der Waals surface area (Å²) in [6, 6.07) is 1.99. The van der Waals surface area contributed by atoms with Gasteiger partial charge in [0.25, 0.3) is 5.91 Å². The van der Waals surface area contributed by atoms with Crippen molar-refractivity contribution in [1.29, 1.82) is 0 Å². The molecule has 0 radical (unpaired) electrons. The molecule has 0 saturated heterocycles. The molecule has 1 fully saturated rings. The Labute approximate surface area is 107 Å². The van der Waals surface area contributed by atoms with E-state index in [1.807, 2.05) is 6.92 Å². The van der Waals surface area contributed by atoms with Gasteiger partial charge in [0.15, 0.2) is 5.76 Å². The van der Waals surface area contributed by atoms with Gasteiger partial charge in [0, 0.05) is 17.5 Å². The molecule has 1 heterocycles. The molecule has 2 rings (SSSR count). The number of furan rings is 1. The average Bonchev–Trinajstić information content (AvgIpc) is 2.76. The highest BCUT2D eigenvalue weighted by atomic mass is 35.5. The molecule has 2 unspecified atom stereocenters. The van der Waals surface area contributed by atoms with Crippen LogP contribution in [0.15, 0.2) is 16.7 Å². The monoisotopic (exact) mass is 255 g/mol. The fraction of sp³-hybridized carbons (Fsp3) is 0.615. The largest absolute Gasteiger partial charge is 0.459 e. The minimum atomic E-state index is -0.116. The van der Waals surface area contributed by atoms with Crippen LogP contribution in [-0.2, 0) is 0 Å². The van der Waals surface area contributed by atoms with Gasteiger partial charge in [-0.15, -0.1) is 11.6 Å². The highest BCUT2D eigenvalue weighted by molar-refractivity contribution is 6.18. The van der Waals surface area contributed by atoms with Gasteiger partial charge < -0.3 is 9.73 Å². The van der Waals surface area contributed by atoms with E-state index < -0.39 is 0 Å². The van der Waals surface area contributed by atoms with Gasteiger partial charge >= 0.3 is 0 Å². The van der Waals surface area contributed by atoms with Gasteiger partial charge in [-0.1, -0.05) is 12.8 Å². The molecule has 94 valence electrons. The molecule has 0 aromatic carbocycles. The first kappa shape index (κ1) is 12.5. The van der Waals surface area contributed by atoms with Crippen LogP contribution in [0.1, 0.15) is 41.8 Å². The second kappa shape index (κ2) is 5.58.